The number of amides is 1. The highest BCUT2D eigenvalue weighted by Crippen LogP contribution is 2.15. The molecule has 0 unspecified atom stereocenters. The lowest BCUT2D eigenvalue weighted by atomic mass is 10.0. The van der Waals surface area contributed by atoms with Gasteiger partial charge in [-0.05, 0) is 25.5 Å². The van der Waals surface area contributed by atoms with E-state index in [-0.39, 0.29) is 18.2 Å². The third-order valence-electron chi connectivity index (χ3n) is 4.17. The number of nitrogens with one attached hydrogen (secondary N) is 1. The smallest absolute Gasteiger partial charge is 0.290 e. The number of benzene rings is 2. The highest BCUT2D eigenvalue weighted by molar-refractivity contribution is 6.08. The summed E-state index contributed by atoms with van der Waals surface area (Å²) in [6.45, 7) is 4.18. The highest BCUT2D eigenvalue weighted by Gasteiger charge is 2.13. The largest absolute Gasteiger partial charge is 0.320 e. The molecule has 4 heteroatoms. The average Bonchev–Trinajstić information content (AvgIpc) is 2.65. The van der Waals surface area contributed by atoms with Crippen molar-refractivity contribution < 1.29 is 14.2 Å². The van der Waals surface area contributed by atoms with E-state index in [1.54, 1.807) is 41.2 Å². The summed E-state index contributed by atoms with van der Waals surface area (Å²) >= 11 is 0. The fourth-order valence-electron chi connectivity index (χ4n) is 2.78. The molecule has 2 aromatic carbocycles. The fourth-order valence-corrected chi connectivity index (χ4v) is 2.78. The van der Waals surface area contributed by atoms with Crippen molar-refractivity contribution in [3.63, 3.8) is 0 Å². The molecule has 0 aliphatic rings. The van der Waals surface area contributed by atoms with Gasteiger partial charge < -0.3 is 5.32 Å². The molecular weight excluding hydrogens is 324 g/mol. The van der Waals surface area contributed by atoms with E-state index in [0.717, 1.165) is 16.8 Å². The van der Waals surface area contributed by atoms with E-state index < -0.39 is 0 Å². The summed E-state index contributed by atoms with van der Waals surface area (Å²) < 4.78 is 1.75. The Balaban J connectivity index is 1.65. The number of pyridine rings is 1. The molecule has 1 heterocycles. The summed E-state index contributed by atoms with van der Waals surface area (Å²) in [7, 11) is 0. The molecule has 0 spiro atoms. The molecule has 0 aliphatic carbocycles. The van der Waals surface area contributed by atoms with Gasteiger partial charge >= 0.3 is 0 Å². The van der Waals surface area contributed by atoms with Crippen molar-refractivity contribution in [1.82, 2.24) is 0 Å². The van der Waals surface area contributed by atoms with Gasteiger partial charge in [-0.3, -0.25) is 9.59 Å². The summed E-state index contributed by atoms with van der Waals surface area (Å²) in [6.07, 6.45) is 3.50. The first-order valence-electron chi connectivity index (χ1n) is 8.49. The van der Waals surface area contributed by atoms with Crippen molar-refractivity contribution in [2.45, 2.75) is 20.4 Å². The molecule has 26 heavy (non-hydrogen) atoms. The van der Waals surface area contributed by atoms with Crippen molar-refractivity contribution in [1.29, 1.82) is 0 Å². The summed E-state index contributed by atoms with van der Waals surface area (Å²) in [6, 6.07) is 18.5. The van der Waals surface area contributed by atoms with Crippen molar-refractivity contribution in [2.24, 2.45) is 0 Å². The van der Waals surface area contributed by atoms with Crippen LogP contribution in [0.4, 0.5) is 5.69 Å². The van der Waals surface area contributed by atoms with Crippen LogP contribution in [0.1, 0.15) is 27.0 Å². The predicted molar refractivity (Wildman–Crippen MR) is 101 cm³/mol. The number of nitrogens with zero attached hydrogens (tertiary/aromatic N) is 1. The molecular formula is C22H21N2O2+. The summed E-state index contributed by atoms with van der Waals surface area (Å²) in [5.41, 5.74) is 4.26. The Morgan fingerprint density at radius 1 is 0.885 bits per heavy atom. The zero-order valence-corrected chi connectivity index (χ0v) is 14.9. The Hall–Kier alpha value is -3.27. The third-order valence-corrected chi connectivity index (χ3v) is 4.17. The molecule has 4 nitrogen and oxygen atoms in total. The molecule has 0 saturated heterocycles. The number of ketones is 1. The van der Waals surface area contributed by atoms with Gasteiger partial charge in [0.05, 0.1) is 0 Å². The summed E-state index contributed by atoms with van der Waals surface area (Å²) in [5, 5.41) is 2.92. The fraction of sp³-hybridized carbons (Fsp3) is 0.136. The lowest BCUT2D eigenvalue weighted by Gasteiger charge is -2.07. The van der Waals surface area contributed by atoms with E-state index in [1.165, 1.54) is 0 Å². The molecule has 0 bridgehead atoms. The van der Waals surface area contributed by atoms with Gasteiger partial charge in [-0.25, -0.2) is 0 Å². The van der Waals surface area contributed by atoms with Gasteiger partial charge in [-0.15, -0.1) is 0 Å². The molecule has 0 fully saturated rings. The van der Waals surface area contributed by atoms with Gasteiger partial charge in [0, 0.05) is 28.9 Å². The lowest BCUT2D eigenvalue weighted by Crippen LogP contribution is -2.39. The van der Waals surface area contributed by atoms with Crippen LogP contribution in [0.2, 0.25) is 0 Å². The Bertz CT molecular complexity index is 932. The molecule has 0 aliphatic heterocycles. The highest BCUT2D eigenvalue weighted by atomic mass is 16.2. The number of carbonyl (C=O) groups excluding carboxylic acids is 2. The second kappa shape index (κ2) is 7.74. The number of aromatic nitrogens is 1. The minimum absolute atomic E-state index is 0.0301. The molecule has 130 valence electrons. The van der Waals surface area contributed by atoms with Crippen LogP contribution in [0.5, 0.6) is 0 Å². The SMILES string of the molecule is Cc1ccc(NC(=O)C[n+]2ccc(C(=O)c3ccccc3)cc2)c(C)c1. The van der Waals surface area contributed by atoms with Crippen LogP contribution in [0.25, 0.3) is 0 Å². The molecule has 3 rings (SSSR count). The van der Waals surface area contributed by atoms with Crippen LogP contribution in [-0.4, -0.2) is 11.7 Å². The van der Waals surface area contributed by atoms with Crippen LogP contribution in [0, 0.1) is 13.8 Å². The zero-order chi connectivity index (χ0) is 18.5. The van der Waals surface area contributed by atoms with Gasteiger partial charge in [0.15, 0.2) is 18.2 Å². The van der Waals surface area contributed by atoms with E-state index in [0.29, 0.717) is 11.1 Å². The Morgan fingerprint density at radius 3 is 2.19 bits per heavy atom. The van der Waals surface area contributed by atoms with E-state index in [1.807, 2.05) is 50.2 Å². The topological polar surface area (TPSA) is 50.1 Å². The van der Waals surface area contributed by atoms with Gasteiger partial charge in [0.1, 0.15) is 0 Å². The zero-order valence-electron chi connectivity index (χ0n) is 14.9. The van der Waals surface area contributed by atoms with E-state index in [2.05, 4.69) is 5.32 Å². The molecule has 1 amide bonds. The second-order valence-corrected chi connectivity index (χ2v) is 6.32. The number of rotatable bonds is 5. The molecule has 0 saturated carbocycles. The lowest BCUT2D eigenvalue weighted by molar-refractivity contribution is -0.684. The first-order chi connectivity index (χ1) is 12.5. The standard InChI is InChI=1S/C22H20N2O2/c1-16-8-9-20(17(2)14-16)23-21(25)15-24-12-10-19(11-13-24)22(26)18-6-4-3-5-7-18/h3-14H,15H2,1-2H3/p+1. The maximum atomic E-state index is 12.4. The van der Waals surface area contributed by atoms with Crippen LogP contribution in [-0.2, 0) is 11.3 Å². The van der Waals surface area contributed by atoms with Crippen molar-refractivity contribution in [3.8, 4) is 0 Å². The van der Waals surface area contributed by atoms with Crippen LogP contribution >= 0.6 is 0 Å². The molecule has 1 aromatic heterocycles. The molecule has 0 radical (unpaired) electrons. The Kier molecular flexibility index (Phi) is 5.23. The number of hydrogen-bond donors (Lipinski definition) is 1. The quantitative estimate of drug-likeness (QED) is 0.569. The first-order valence-corrected chi connectivity index (χ1v) is 8.49. The molecule has 0 atom stereocenters. The molecule has 3 aromatic rings. The number of hydrogen-bond acceptors (Lipinski definition) is 2. The number of aryl methyl sites for hydroxylation is 2. The minimum atomic E-state index is -0.107. The van der Waals surface area contributed by atoms with Gasteiger partial charge in [-0.2, -0.15) is 4.57 Å². The normalized spacial score (nSPS) is 10.4. The average molecular weight is 345 g/mol. The van der Waals surface area contributed by atoms with Gasteiger partial charge in [0.2, 0.25) is 6.54 Å². The summed E-state index contributed by atoms with van der Waals surface area (Å²) in [5.74, 6) is -0.137. The maximum absolute atomic E-state index is 12.4. The van der Waals surface area contributed by atoms with Crippen LogP contribution in [0.3, 0.4) is 0 Å². The number of anilines is 1. The van der Waals surface area contributed by atoms with E-state index in [4.69, 9.17) is 0 Å². The van der Waals surface area contributed by atoms with Gasteiger partial charge in [0.25, 0.3) is 5.91 Å². The van der Waals surface area contributed by atoms with Crippen molar-refractivity contribution >= 4 is 17.4 Å². The van der Waals surface area contributed by atoms with E-state index >= 15 is 0 Å². The third kappa shape index (κ3) is 4.22. The molecule has 1 N–H and O–H groups in total. The van der Waals surface area contributed by atoms with Crippen molar-refractivity contribution in [3.05, 3.63) is 95.3 Å². The Morgan fingerprint density at radius 2 is 1.54 bits per heavy atom. The van der Waals surface area contributed by atoms with Crippen LogP contribution < -0.4 is 9.88 Å². The summed E-state index contributed by atoms with van der Waals surface area (Å²) in [4.78, 5) is 24.7. The second-order valence-electron chi connectivity index (χ2n) is 6.32. The minimum Gasteiger partial charge on any atom is -0.320 e. The van der Waals surface area contributed by atoms with Crippen LogP contribution in [0.15, 0.2) is 73.1 Å². The number of carbonyl (C=O) groups is 2. The van der Waals surface area contributed by atoms with Crippen molar-refractivity contribution in [2.75, 3.05) is 5.32 Å². The maximum Gasteiger partial charge on any atom is 0.290 e. The first kappa shape index (κ1) is 17.5. The predicted octanol–water partition coefficient (Wildman–Crippen LogP) is 3.46. The van der Waals surface area contributed by atoms with Gasteiger partial charge in [-0.1, -0.05) is 48.0 Å². The Labute approximate surface area is 153 Å². The monoisotopic (exact) mass is 345 g/mol. The van der Waals surface area contributed by atoms with E-state index in [9.17, 15) is 9.59 Å².